The first kappa shape index (κ1) is 16.4. The monoisotopic (exact) mass is 318 g/mol. The van der Waals surface area contributed by atoms with Gasteiger partial charge in [0.15, 0.2) is 12.4 Å². The molecule has 0 aliphatic heterocycles. The zero-order valence-corrected chi connectivity index (χ0v) is 12.4. The summed E-state index contributed by atoms with van der Waals surface area (Å²) in [6.07, 6.45) is 0. The normalized spacial score (nSPS) is 10.2. The maximum Gasteiger partial charge on any atom is 0.310 e. The fourth-order valence-corrected chi connectivity index (χ4v) is 1.89. The third kappa shape index (κ3) is 4.77. The highest BCUT2D eigenvalue weighted by Gasteiger charge is 2.16. The Balaban J connectivity index is 1.90. The molecule has 2 aromatic carbocycles. The van der Waals surface area contributed by atoms with Crippen molar-refractivity contribution in [3.8, 4) is 5.75 Å². The molecule has 0 unspecified atom stereocenters. The number of hydrogen-bond acceptors (Lipinski definition) is 4. The van der Waals surface area contributed by atoms with Crippen molar-refractivity contribution in [1.29, 1.82) is 0 Å². The van der Waals surface area contributed by atoms with E-state index in [0.29, 0.717) is 0 Å². The Morgan fingerprint density at radius 2 is 1.96 bits per heavy atom. The Morgan fingerprint density at radius 1 is 1.26 bits per heavy atom. The van der Waals surface area contributed by atoms with Gasteiger partial charge in [-0.1, -0.05) is 18.2 Å². The van der Waals surface area contributed by atoms with Crippen LogP contribution < -0.4 is 10.1 Å². The van der Waals surface area contributed by atoms with Crippen LogP contribution in [-0.4, -0.2) is 17.4 Å². The van der Waals surface area contributed by atoms with E-state index >= 15 is 0 Å². The van der Waals surface area contributed by atoms with Crippen LogP contribution in [0.1, 0.15) is 11.1 Å². The summed E-state index contributed by atoms with van der Waals surface area (Å²) in [6, 6.07) is 10.2. The molecule has 0 spiro atoms. The predicted octanol–water partition coefficient (Wildman–Crippen LogP) is 2.74. The first-order valence-electron chi connectivity index (χ1n) is 6.84. The summed E-state index contributed by atoms with van der Waals surface area (Å²) in [7, 11) is 0. The third-order valence-electron chi connectivity index (χ3n) is 3.07. The number of carbonyl (C=O) groups excluding carboxylic acids is 1. The maximum atomic E-state index is 12.8. The first-order chi connectivity index (χ1) is 11.0. The summed E-state index contributed by atoms with van der Waals surface area (Å²) < 4.78 is 18.0. The van der Waals surface area contributed by atoms with Crippen molar-refractivity contribution in [3.05, 3.63) is 69.5 Å². The Morgan fingerprint density at radius 3 is 2.61 bits per heavy atom. The lowest BCUT2D eigenvalue weighted by Gasteiger charge is -2.08. The lowest BCUT2D eigenvalue weighted by Crippen LogP contribution is -2.28. The lowest BCUT2D eigenvalue weighted by atomic mass is 10.2. The SMILES string of the molecule is Cc1ccc([N+](=O)[O-])c(OCC(=O)NCc2ccc(F)cc2)c1. The molecular formula is C16H15FN2O4. The molecule has 0 fully saturated rings. The number of nitrogens with zero attached hydrogens (tertiary/aromatic N) is 1. The average molecular weight is 318 g/mol. The number of nitrogens with one attached hydrogen (secondary N) is 1. The predicted molar refractivity (Wildman–Crippen MR) is 81.6 cm³/mol. The molecule has 6 nitrogen and oxygen atoms in total. The summed E-state index contributed by atoms with van der Waals surface area (Å²) in [5, 5.41) is 13.5. The molecule has 0 heterocycles. The van der Waals surface area contributed by atoms with Gasteiger partial charge in [-0.2, -0.15) is 0 Å². The van der Waals surface area contributed by atoms with E-state index < -0.39 is 10.8 Å². The Bertz CT molecular complexity index is 717. The van der Waals surface area contributed by atoms with Crippen LogP contribution in [0.15, 0.2) is 42.5 Å². The van der Waals surface area contributed by atoms with Crippen LogP contribution in [0.2, 0.25) is 0 Å². The summed E-state index contributed by atoms with van der Waals surface area (Å²) in [5.74, 6) is -0.729. The molecule has 120 valence electrons. The van der Waals surface area contributed by atoms with Gasteiger partial charge in [-0.15, -0.1) is 0 Å². The van der Waals surface area contributed by atoms with E-state index in [1.54, 1.807) is 25.1 Å². The van der Waals surface area contributed by atoms with Crippen LogP contribution >= 0.6 is 0 Å². The average Bonchev–Trinajstić information content (AvgIpc) is 2.52. The topological polar surface area (TPSA) is 81.5 Å². The van der Waals surface area contributed by atoms with E-state index in [1.165, 1.54) is 24.3 Å². The number of rotatable bonds is 6. The summed E-state index contributed by atoms with van der Waals surface area (Å²) in [5.41, 5.74) is 1.33. The van der Waals surface area contributed by atoms with Crippen molar-refractivity contribution in [2.45, 2.75) is 13.5 Å². The van der Waals surface area contributed by atoms with E-state index in [1.807, 2.05) is 0 Å². The van der Waals surface area contributed by atoms with Gasteiger partial charge in [0.05, 0.1) is 4.92 Å². The number of amides is 1. The molecule has 0 radical (unpaired) electrons. The van der Waals surface area contributed by atoms with Gasteiger partial charge in [-0.05, 0) is 36.2 Å². The molecule has 2 rings (SSSR count). The standard InChI is InChI=1S/C16H15FN2O4/c1-11-2-7-14(19(21)22)15(8-11)23-10-16(20)18-9-12-3-5-13(17)6-4-12/h2-8H,9-10H2,1H3,(H,18,20). The Kier molecular flexibility index (Phi) is 5.24. The van der Waals surface area contributed by atoms with Crippen LogP contribution in [0, 0.1) is 22.9 Å². The van der Waals surface area contributed by atoms with Crippen molar-refractivity contribution in [2.75, 3.05) is 6.61 Å². The molecular weight excluding hydrogens is 303 g/mol. The van der Waals surface area contributed by atoms with Gasteiger partial charge in [0.25, 0.3) is 5.91 Å². The quantitative estimate of drug-likeness (QED) is 0.656. The minimum absolute atomic E-state index is 0.0481. The highest BCUT2D eigenvalue weighted by molar-refractivity contribution is 5.77. The van der Waals surface area contributed by atoms with E-state index in [4.69, 9.17) is 4.74 Å². The second kappa shape index (κ2) is 7.35. The van der Waals surface area contributed by atoms with Crippen molar-refractivity contribution in [2.24, 2.45) is 0 Å². The number of halogens is 1. The molecule has 1 N–H and O–H groups in total. The molecule has 0 saturated heterocycles. The minimum Gasteiger partial charge on any atom is -0.477 e. The Labute approximate surface area is 132 Å². The highest BCUT2D eigenvalue weighted by Crippen LogP contribution is 2.27. The van der Waals surface area contributed by atoms with E-state index in [-0.39, 0.29) is 30.4 Å². The Hall–Kier alpha value is -2.96. The molecule has 0 aliphatic rings. The fraction of sp³-hybridized carbons (Fsp3) is 0.188. The van der Waals surface area contributed by atoms with Crippen molar-refractivity contribution in [3.63, 3.8) is 0 Å². The number of nitro groups is 1. The molecule has 0 bridgehead atoms. The lowest BCUT2D eigenvalue weighted by molar-refractivity contribution is -0.385. The van der Waals surface area contributed by atoms with Crippen molar-refractivity contribution >= 4 is 11.6 Å². The summed E-state index contributed by atoms with van der Waals surface area (Å²) >= 11 is 0. The minimum atomic E-state index is -0.564. The van der Waals surface area contributed by atoms with Gasteiger partial charge in [-0.3, -0.25) is 14.9 Å². The molecule has 0 aliphatic carbocycles. The van der Waals surface area contributed by atoms with Crippen LogP contribution in [0.3, 0.4) is 0 Å². The molecule has 0 atom stereocenters. The summed E-state index contributed by atoms with van der Waals surface area (Å²) in [6.45, 7) is 1.65. The second-order valence-corrected chi connectivity index (χ2v) is 4.92. The molecule has 23 heavy (non-hydrogen) atoms. The number of nitro benzene ring substituents is 1. The van der Waals surface area contributed by atoms with Gasteiger partial charge in [0.1, 0.15) is 5.82 Å². The van der Waals surface area contributed by atoms with Crippen molar-refractivity contribution < 1.29 is 18.8 Å². The first-order valence-corrected chi connectivity index (χ1v) is 6.84. The van der Waals surface area contributed by atoms with Gasteiger partial charge >= 0.3 is 5.69 Å². The zero-order chi connectivity index (χ0) is 16.8. The van der Waals surface area contributed by atoms with Crippen LogP contribution in [0.4, 0.5) is 10.1 Å². The zero-order valence-electron chi connectivity index (χ0n) is 12.4. The van der Waals surface area contributed by atoms with Gasteiger partial charge in [0.2, 0.25) is 0 Å². The van der Waals surface area contributed by atoms with E-state index in [9.17, 15) is 19.3 Å². The van der Waals surface area contributed by atoms with Gasteiger partial charge in [0, 0.05) is 12.6 Å². The van der Waals surface area contributed by atoms with Crippen LogP contribution in [0.25, 0.3) is 0 Å². The number of benzene rings is 2. The number of aryl methyl sites for hydroxylation is 1. The van der Waals surface area contributed by atoms with Crippen LogP contribution in [-0.2, 0) is 11.3 Å². The van der Waals surface area contributed by atoms with Gasteiger partial charge < -0.3 is 10.1 Å². The molecule has 0 aromatic heterocycles. The fourth-order valence-electron chi connectivity index (χ4n) is 1.89. The van der Waals surface area contributed by atoms with Crippen molar-refractivity contribution in [1.82, 2.24) is 5.32 Å². The number of carbonyl (C=O) groups is 1. The molecule has 0 saturated carbocycles. The maximum absolute atomic E-state index is 12.8. The second-order valence-electron chi connectivity index (χ2n) is 4.92. The third-order valence-corrected chi connectivity index (χ3v) is 3.07. The molecule has 7 heteroatoms. The van der Waals surface area contributed by atoms with E-state index in [0.717, 1.165) is 11.1 Å². The largest absolute Gasteiger partial charge is 0.477 e. The number of hydrogen-bond donors (Lipinski definition) is 1. The summed E-state index contributed by atoms with van der Waals surface area (Å²) in [4.78, 5) is 22.1. The highest BCUT2D eigenvalue weighted by atomic mass is 19.1. The smallest absolute Gasteiger partial charge is 0.310 e. The van der Waals surface area contributed by atoms with Gasteiger partial charge in [-0.25, -0.2) is 4.39 Å². The van der Waals surface area contributed by atoms with E-state index in [2.05, 4.69) is 5.32 Å². The molecule has 2 aromatic rings. The van der Waals surface area contributed by atoms with Crippen LogP contribution in [0.5, 0.6) is 5.75 Å². The molecule has 1 amide bonds. The number of ether oxygens (including phenoxy) is 1.